The van der Waals surface area contributed by atoms with E-state index in [1.165, 1.54) is 0 Å². The Morgan fingerprint density at radius 3 is 2.79 bits per heavy atom. The van der Waals surface area contributed by atoms with E-state index in [9.17, 15) is 4.79 Å². The fourth-order valence-electron chi connectivity index (χ4n) is 3.15. The molecular formula is C18H25N5O. The zero-order valence-electron chi connectivity index (χ0n) is 14.2. The van der Waals surface area contributed by atoms with Crippen LogP contribution >= 0.6 is 0 Å². The molecule has 0 saturated carbocycles. The highest BCUT2D eigenvalue weighted by molar-refractivity contribution is 5.95. The molecule has 128 valence electrons. The largest absolute Gasteiger partial charge is 0.352 e. The van der Waals surface area contributed by atoms with E-state index in [1.807, 2.05) is 25.6 Å². The van der Waals surface area contributed by atoms with Crippen molar-refractivity contribution < 1.29 is 4.79 Å². The van der Waals surface area contributed by atoms with Gasteiger partial charge in [0.15, 0.2) is 0 Å². The van der Waals surface area contributed by atoms with Crippen molar-refractivity contribution in [3.8, 4) is 0 Å². The molecule has 1 aliphatic heterocycles. The van der Waals surface area contributed by atoms with E-state index in [-0.39, 0.29) is 5.91 Å². The number of amides is 1. The summed E-state index contributed by atoms with van der Waals surface area (Å²) in [7, 11) is 0. The number of aromatic nitrogens is 3. The van der Waals surface area contributed by atoms with Gasteiger partial charge in [-0.1, -0.05) is 0 Å². The lowest BCUT2D eigenvalue weighted by atomic mass is 9.96. The Balaban J connectivity index is 1.38. The van der Waals surface area contributed by atoms with E-state index in [0.717, 1.165) is 56.7 Å². The van der Waals surface area contributed by atoms with Gasteiger partial charge in [0.25, 0.3) is 5.91 Å². The Kier molecular flexibility index (Phi) is 5.59. The summed E-state index contributed by atoms with van der Waals surface area (Å²) in [6.07, 6.45) is 11.4. The van der Waals surface area contributed by atoms with Gasteiger partial charge in [-0.3, -0.25) is 9.78 Å². The summed E-state index contributed by atoms with van der Waals surface area (Å²) in [6, 6.07) is 1.78. The number of pyridine rings is 1. The van der Waals surface area contributed by atoms with Crippen molar-refractivity contribution >= 4 is 5.91 Å². The third-order valence-electron chi connectivity index (χ3n) is 4.76. The third kappa shape index (κ3) is 4.41. The Hall–Kier alpha value is -2.21. The number of carbonyl (C=O) groups is 1. The Morgan fingerprint density at radius 1 is 1.25 bits per heavy atom. The van der Waals surface area contributed by atoms with Crippen molar-refractivity contribution in [2.45, 2.75) is 26.3 Å². The number of carbonyl (C=O) groups excluding carboxylic acids is 1. The molecule has 0 bridgehead atoms. The van der Waals surface area contributed by atoms with Crippen molar-refractivity contribution in [3.05, 3.63) is 48.3 Å². The minimum atomic E-state index is 0.0115. The molecule has 0 atom stereocenters. The highest BCUT2D eigenvalue weighted by atomic mass is 16.1. The molecule has 6 nitrogen and oxygen atoms in total. The lowest BCUT2D eigenvalue weighted by Crippen LogP contribution is -2.39. The van der Waals surface area contributed by atoms with Gasteiger partial charge in [-0.25, -0.2) is 4.98 Å². The fourth-order valence-corrected chi connectivity index (χ4v) is 3.15. The predicted molar refractivity (Wildman–Crippen MR) is 92.7 cm³/mol. The SMILES string of the molecule is Cc1cnccc1C(=O)NCC1CCN(CCn2ccnc2)CC1. The normalized spacial score (nSPS) is 16.2. The van der Waals surface area contributed by atoms with Crippen LogP contribution in [0.2, 0.25) is 0 Å². The van der Waals surface area contributed by atoms with Crippen molar-refractivity contribution in [1.29, 1.82) is 0 Å². The molecule has 0 aromatic carbocycles. The van der Waals surface area contributed by atoms with Gasteiger partial charge in [0.1, 0.15) is 0 Å². The Morgan fingerprint density at radius 2 is 2.08 bits per heavy atom. The molecule has 1 N–H and O–H groups in total. The fraction of sp³-hybridized carbons (Fsp3) is 0.500. The summed E-state index contributed by atoms with van der Waals surface area (Å²) in [5.74, 6) is 0.582. The van der Waals surface area contributed by atoms with Crippen molar-refractivity contribution in [1.82, 2.24) is 24.8 Å². The van der Waals surface area contributed by atoms with E-state index in [1.54, 1.807) is 18.5 Å². The molecule has 6 heteroatoms. The van der Waals surface area contributed by atoms with Crippen molar-refractivity contribution in [3.63, 3.8) is 0 Å². The van der Waals surface area contributed by atoms with Crippen LogP contribution < -0.4 is 5.32 Å². The number of aryl methyl sites for hydroxylation is 1. The standard InChI is InChI=1S/C18H25N5O/c1-15-12-19-5-2-17(15)18(24)21-13-16-3-7-22(8-4-16)10-11-23-9-6-20-14-23/h2,5-6,9,12,14,16H,3-4,7-8,10-11,13H2,1H3,(H,21,24). The second kappa shape index (κ2) is 8.06. The predicted octanol–water partition coefficient (Wildman–Crippen LogP) is 1.73. The first kappa shape index (κ1) is 16.6. The number of hydrogen-bond donors (Lipinski definition) is 1. The highest BCUT2D eigenvalue weighted by Crippen LogP contribution is 2.16. The summed E-state index contributed by atoms with van der Waals surface area (Å²) in [6.45, 7) is 6.93. The molecule has 1 amide bonds. The topological polar surface area (TPSA) is 63.1 Å². The van der Waals surface area contributed by atoms with Gasteiger partial charge in [-0.2, -0.15) is 0 Å². The monoisotopic (exact) mass is 327 g/mol. The van der Waals surface area contributed by atoms with Gasteiger partial charge in [-0.05, 0) is 50.4 Å². The first-order valence-electron chi connectivity index (χ1n) is 8.59. The van der Waals surface area contributed by atoms with Gasteiger partial charge >= 0.3 is 0 Å². The number of nitrogens with zero attached hydrogens (tertiary/aromatic N) is 4. The quantitative estimate of drug-likeness (QED) is 0.878. The maximum Gasteiger partial charge on any atom is 0.251 e. The number of hydrogen-bond acceptors (Lipinski definition) is 4. The molecule has 0 spiro atoms. The summed E-state index contributed by atoms with van der Waals surface area (Å²) in [4.78, 5) is 22.8. The van der Waals surface area contributed by atoms with Crippen LogP contribution in [0.25, 0.3) is 0 Å². The summed E-state index contributed by atoms with van der Waals surface area (Å²) in [5, 5.41) is 3.08. The maximum absolute atomic E-state index is 12.2. The van der Waals surface area contributed by atoms with E-state index < -0.39 is 0 Å². The lowest BCUT2D eigenvalue weighted by molar-refractivity contribution is 0.0935. The van der Waals surface area contributed by atoms with Crippen LogP contribution in [0.15, 0.2) is 37.2 Å². The molecule has 24 heavy (non-hydrogen) atoms. The molecular weight excluding hydrogens is 302 g/mol. The van der Waals surface area contributed by atoms with Gasteiger partial charge in [-0.15, -0.1) is 0 Å². The van der Waals surface area contributed by atoms with Crippen molar-refractivity contribution in [2.24, 2.45) is 5.92 Å². The number of nitrogens with one attached hydrogen (secondary N) is 1. The molecule has 0 aliphatic carbocycles. The highest BCUT2D eigenvalue weighted by Gasteiger charge is 2.20. The molecule has 3 heterocycles. The second-order valence-electron chi connectivity index (χ2n) is 6.49. The molecule has 2 aromatic heterocycles. The summed E-state index contributed by atoms with van der Waals surface area (Å²) >= 11 is 0. The number of piperidine rings is 1. The molecule has 2 aromatic rings. The third-order valence-corrected chi connectivity index (χ3v) is 4.76. The Bertz CT molecular complexity index is 647. The van der Waals surface area contributed by atoms with Crippen molar-refractivity contribution in [2.75, 3.05) is 26.2 Å². The average Bonchev–Trinajstić information content (AvgIpc) is 3.13. The van der Waals surface area contributed by atoms with Gasteiger partial charge in [0.2, 0.25) is 0 Å². The minimum absolute atomic E-state index is 0.0115. The number of likely N-dealkylation sites (tertiary alicyclic amines) is 1. The van der Waals surface area contributed by atoms with Crippen LogP contribution in [-0.2, 0) is 6.54 Å². The van der Waals surface area contributed by atoms with E-state index in [4.69, 9.17) is 0 Å². The molecule has 1 aliphatic rings. The summed E-state index contributed by atoms with van der Waals surface area (Å²) < 4.78 is 2.11. The van der Waals surface area contributed by atoms with Gasteiger partial charge in [0.05, 0.1) is 6.33 Å². The van der Waals surface area contributed by atoms with Crippen LogP contribution in [0, 0.1) is 12.8 Å². The first-order chi connectivity index (χ1) is 11.7. The van der Waals surface area contributed by atoms with E-state index >= 15 is 0 Å². The summed E-state index contributed by atoms with van der Waals surface area (Å²) in [5.41, 5.74) is 1.65. The van der Waals surface area contributed by atoms with Crippen LogP contribution in [-0.4, -0.2) is 51.5 Å². The number of imidazole rings is 1. The van der Waals surface area contributed by atoms with Crippen LogP contribution in [0.3, 0.4) is 0 Å². The van der Waals surface area contributed by atoms with Crippen LogP contribution in [0.4, 0.5) is 0 Å². The van der Waals surface area contributed by atoms with Gasteiger partial charge in [0, 0.05) is 50.0 Å². The number of rotatable bonds is 6. The van der Waals surface area contributed by atoms with Gasteiger partial charge < -0.3 is 14.8 Å². The lowest BCUT2D eigenvalue weighted by Gasteiger charge is -2.32. The minimum Gasteiger partial charge on any atom is -0.352 e. The second-order valence-corrected chi connectivity index (χ2v) is 6.49. The molecule has 0 unspecified atom stereocenters. The average molecular weight is 327 g/mol. The maximum atomic E-state index is 12.2. The van der Waals surface area contributed by atoms with Crippen LogP contribution in [0.5, 0.6) is 0 Å². The van der Waals surface area contributed by atoms with Crippen LogP contribution in [0.1, 0.15) is 28.8 Å². The zero-order valence-corrected chi connectivity index (χ0v) is 14.2. The van der Waals surface area contributed by atoms with E-state index in [2.05, 4.69) is 24.8 Å². The van der Waals surface area contributed by atoms with E-state index in [0.29, 0.717) is 5.92 Å². The first-order valence-corrected chi connectivity index (χ1v) is 8.59. The molecule has 0 radical (unpaired) electrons. The Labute approximate surface area is 142 Å². The molecule has 1 fully saturated rings. The zero-order chi connectivity index (χ0) is 16.8. The molecule has 3 rings (SSSR count). The molecule has 1 saturated heterocycles. The smallest absolute Gasteiger partial charge is 0.251 e.